The van der Waals surface area contributed by atoms with Crippen LogP contribution in [0.3, 0.4) is 0 Å². The van der Waals surface area contributed by atoms with Gasteiger partial charge in [-0.15, -0.1) is 16.8 Å². The molecule has 1 N–H and O–H groups in total. The number of aliphatic hydroxyl groups is 1. The number of hydrogen-bond donors (Lipinski definition) is 1. The van der Waals surface area contributed by atoms with Gasteiger partial charge in [0.25, 0.3) is 0 Å². The van der Waals surface area contributed by atoms with E-state index in [4.69, 9.17) is 15.1 Å². The third-order valence-corrected chi connectivity index (χ3v) is 3.17. The molecule has 0 aliphatic carbocycles. The van der Waals surface area contributed by atoms with Crippen LogP contribution in [0.4, 0.5) is 5.69 Å². The number of hydrogen-bond acceptors (Lipinski definition) is 6. The number of benzene rings is 1. The van der Waals surface area contributed by atoms with Gasteiger partial charge in [-0.05, 0) is 37.6 Å². The number of allylic oxidation sites excluding steroid dienone is 1. The number of aromatic nitrogens is 3. The average molecular weight is 355 g/mol. The Labute approximate surface area is 154 Å². The third kappa shape index (κ3) is 7.64. The lowest BCUT2D eigenvalue weighted by atomic mass is 10.2. The fourth-order valence-corrected chi connectivity index (χ4v) is 1.78. The summed E-state index contributed by atoms with van der Waals surface area (Å²) in [7, 11) is 0. The van der Waals surface area contributed by atoms with Crippen molar-refractivity contribution in [2.45, 2.75) is 26.4 Å². The second kappa shape index (κ2) is 12.3. The molecule has 26 heavy (non-hydrogen) atoms. The van der Waals surface area contributed by atoms with Gasteiger partial charge in [-0.2, -0.15) is 5.26 Å². The van der Waals surface area contributed by atoms with Gasteiger partial charge in [-0.1, -0.05) is 19.1 Å². The zero-order chi connectivity index (χ0) is 19.2. The number of aliphatic hydroxyl groups excluding tert-OH is 1. The van der Waals surface area contributed by atoms with E-state index in [0.717, 1.165) is 12.1 Å². The van der Waals surface area contributed by atoms with Crippen LogP contribution in [0.2, 0.25) is 0 Å². The Morgan fingerprint density at radius 1 is 1.35 bits per heavy atom. The summed E-state index contributed by atoms with van der Waals surface area (Å²) in [6.45, 7) is 8.20. The van der Waals surface area contributed by atoms with Gasteiger partial charge >= 0.3 is 0 Å². The Morgan fingerprint density at radius 2 is 1.96 bits per heavy atom. The van der Waals surface area contributed by atoms with E-state index < -0.39 is 0 Å². The van der Waals surface area contributed by atoms with E-state index in [2.05, 4.69) is 29.8 Å². The lowest BCUT2D eigenvalue weighted by Gasteiger charge is -2.24. The highest BCUT2D eigenvalue weighted by molar-refractivity contribution is 5.49. The zero-order valence-electron chi connectivity index (χ0n) is 15.2. The predicted octanol–water partition coefficient (Wildman–Crippen LogP) is 2.91. The first-order chi connectivity index (χ1) is 12.6. The number of nitrogens with zero attached hydrogens (tertiary/aromatic N) is 5. The number of rotatable bonds is 8. The summed E-state index contributed by atoms with van der Waals surface area (Å²) in [6, 6.07) is 9.45. The van der Waals surface area contributed by atoms with Crippen molar-refractivity contribution in [3.8, 4) is 6.07 Å². The van der Waals surface area contributed by atoms with E-state index in [9.17, 15) is 0 Å². The Bertz CT molecular complexity index is 688. The Hall–Kier alpha value is -3.11. The highest BCUT2D eigenvalue weighted by atomic mass is 16.5. The molecule has 2 aromatic rings. The van der Waals surface area contributed by atoms with Crippen LogP contribution in [-0.2, 0) is 4.74 Å². The minimum Gasteiger partial charge on any atom is -0.500 e. The van der Waals surface area contributed by atoms with Crippen LogP contribution >= 0.6 is 0 Å². The molecule has 138 valence electrons. The standard InChI is InChI=1S/C15H17N5O.C4H8O/c1-2-3-9-21-10-8-20(19-12-17-18-13-19)15-6-4-14(11-16)5-7-15;1-3-4(2)5/h3-7,9,12-13H,2,8,10H2,1H3;3-5H,1H2,2H3/b9-3+;. The van der Waals surface area contributed by atoms with Crippen molar-refractivity contribution in [3.05, 3.63) is 67.5 Å². The van der Waals surface area contributed by atoms with E-state index in [0.29, 0.717) is 18.7 Å². The van der Waals surface area contributed by atoms with Gasteiger partial charge in [-0.25, -0.2) is 4.68 Å². The Kier molecular flexibility index (Phi) is 9.89. The number of nitriles is 1. The van der Waals surface area contributed by atoms with Crippen molar-refractivity contribution < 1.29 is 9.84 Å². The van der Waals surface area contributed by atoms with Crippen molar-refractivity contribution in [1.29, 1.82) is 5.26 Å². The third-order valence-electron chi connectivity index (χ3n) is 3.17. The molecule has 1 atom stereocenters. The zero-order valence-corrected chi connectivity index (χ0v) is 15.2. The van der Waals surface area contributed by atoms with Gasteiger partial charge < -0.3 is 9.84 Å². The average Bonchev–Trinajstić information content (AvgIpc) is 3.19. The van der Waals surface area contributed by atoms with Crippen molar-refractivity contribution in [1.82, 2.24) is 14.9 Å². The Balaban J connectivity index is 0.000000597. The predicted molar refractivity (Wildman–Crippen MR) is 101 cm³/mol. The van der Waals surface area contributed by atoms with E-state index in [1.807, 2.05) is 23.2 Å². The molecule has 1 aromatic heterocycles. The molecule has 0 bridgehead atoms. The van der Waals surface area contributed by atoms with Crippen LogP contribution in [0.1, 0.15) is 25.8 Å². The molecule has 0 saturated carbocycles. The first kappa shape index (κ1) is 20.9. The maximum atomic E-state index is 8.86. The van der Waals surface area contributed by atoms with Crippen LogP contribution < -0.4 is 5.01 Å². The highest BCUT2D eigenvalue weighted by Crippen LogP contribution is 2.15. The van der Waals surface area contributed by atoms with Crippen molar-refractivity contribution >= 4 is 5.69 Å². The molecule has 2 rings (SSSR count). The highest BCUT2D eigenvalue weighted by Gasteiger charge is 2.08. The second-order valence-electron chi connectivity index (χ2n) is 5.25. The van der Waals surface area contributed by atoms with Crippen molar-refractivity contribution in [3.63, 3.8) is 0 Å². The SMILES string of the molecule is C=CC(C)O.CC/C=C/OCCN(c1ccc(C#N)cc1)n1cnnc1. The second-order valence-corrected chi connectivity index (χ2v) is 5.25. The summed E-state index contributed by atoms with van der Waals surface area (Å²) in [5.74, 6) is 0. The molecule has 0 amide bonds. The molecular formula is C19H25N5O2. The Morgan fingerprint density at radius 3 is 2.46 bits per heavy atom. The molecule has 0 radical (unpaired) electrons. The normalized spacial score (nSPS) is 11.2. The molecule has 1 heterocycles. The lowest BCUT2D eigenvalue weighted by Crippen LogP contribution is -2.31. The lowest BCUT2D eigenvalue weighted by molar-refractivity contribution is 0.244. The maximum absolute atomic E-state index is 8.86. The largest absolute Gasteiger partial charge is 0.500 e. The monoisotopic (exact) mass is 355 g/mol. The molecule has 1 aromatic carbocycles. The molecule has 0 spiro atoms. The van der Waals surface area contributed by atoms with E-state index in [-0.39, 0.29) is 6.10 Å². The number of ether oxygens (including phenoxy) is 1. The summed E-state index contributed by atoms with van der Waals surface area (Å²) in [5.41, 5.74) is 1.57. The van der Waals surface area contributed by atoms with E-state index in [1.165, 1.54) is 6.08 Å². The van der Waals surface area contributed by atoms with E-state index >= 15 is 0 Å². The minimum atomic E-state index is -0.352. The molecule has 0 aliphatic rings. The summed E-state index contributed by atoms with van der Waals surface area (Å²) >= 11 is 0. The number of anilines is 1. The van der Waals surface area contributed by atoms with Crippen LogP contribution in [0, 0.1) is 11.3 Å². The van der Waals surface area contributed by atoms with Crippen LogP contribution in [0.25, 0.3) is 0 Å². The van der Waals surface area contributed by atoms with Gasteiger partial charge in [0, 0.05) is 0 Å². The summed E-state index contributed by atoms with van der Waals surface area (Å²) < 4.78 is 7.23. The molecule has 7 nitrogen and oxygen atoms in total. The fraction of sp³-hybridized carbons (Fsp3) is 0.316. The molecule has 0 fully saturated rings. The molecule has 1 unspecified atom stereocenters. The summed E-state index contributed by atoms with van der Waals surface area (Å²) in [5, 5.41) is 26.7. The van der Waals surface area contributed by atoms with Crippen LogP contribution in [0.15, 0.2) is 61.9 Å². The molecule has 0 aliphatic heterocycles. The van der Waals surface area contributed by atoms with Crippen LogP contribution in [0.5, 0.6) is 0 Å². The van der Waals surface area contributed by atoms with Crippen molar-refractivity contribution in [2.75, 3.05) is 18.2 Å². The summed E-state index contributed by atoms with van der Waals surface area (Å²) in [6.07, 6.45) is 8.99. The maximum Gasteiger partial charge on any atom is 0.139 e. The van der Waals surface area contributed by atoms with Gasteiger partial charge in [0.2, 0.25) is 0 Å². The van der Waals surface area contributed by atoms with Crippen LogP contribution in [-0.4, -0.2) is 39.2 Å². The van der Waals surface area contributed by atoms with Gasteiger partial charge in [0.05, 0.1) is 36.2 Å². The topological polar surface area (TPSA) is 87.2 Å². The van der Waals surface area contributed by atoms with E-state index in [1.54, 1.807) is 42.6 Å². The fourth-order valence-electron chi connectivity index (χ4n) is 1.78. The minimum absolute atomic E-state index is 0.352. The molecular weight excluding hydrogens is 330 g/mol. The molecule has 7 heteroatoms. The van der Waals surface area contributed by atoms with Gasteiger partial charge in [-0.3, -0.25) is 5.01 Å². The van der Waals surface area contributed by atoms with Gasteiger partial charge in [0.15, 0.2) is 0 Å². The van der Waals surface area contributed by atoms with Gasteiger partial charge in [0.1, 0.15) is 19.3 Å². The first-order valence-corrected chi connectivity index (χ1v) is 8.32. The summed E-state index contributed by atoms with van der Waals surface area (Å²) in [4.78, 5) is 0. The quantitative estimate of drug-likeness (QED) is 0.445. The molecule has 0 saturated heterocycles. The first-order valence-electron chi connectivity index (χ1n) is 8.32. The van der Waals surface area contributed by atoms with Crippen molar-refractivity contribution in [2.24, 2.45) is 0 Å². The smallest absolute Gasteiger partial charge is 0.139 e.